The summed E-state index contributed by atoms with van der Waals surface area (Å²) >= 11 is 5.93. The smallest absolute Gasteiger partial charge is 0.262 e. The zero-order valence-electron chi connectivity index (χ0n) is 13.7. The van der Waals surface area contributed by atoms with Crippen molar-refractivity contribution in [1.82, 2.24) is 4.72 Å². The first-order valence-electron chi connectivity index (χ1n) is 8.27. The molecule has 4 rings (SSSR count). The molecule has 1 saturated carbocycles. The van der Waals surface area contributed by atoms with Gasteiger partial charge in [0.15, 0.2) is 6.61 Å². The van der Waals surface area contributed by atoms with E-state index in [1.165, 1.54) is 12.1 Å². The molecule has 0 bridgehead atoms. The number of carbonyl (C=O) groups excluding carboxylic acids is 1. The van der Waals surface area contributed by atoms with Gasteiger partial charge in [0.1, 0.15) is 5.75 Å². The normalized spacial score (nSPS) is 17.8. The van der Waals surface area contributed by atoms with Crippen LogP contribution in [-0.4, -0.2) is 20.9 Å². The fraction of sp³-hybridized carbons (Fsp3) is 0.278. The largest absolute Gasteiger partial charge is 0.482 e. The molecule has 6 nitrogen and oxygen atoms in total. The van der Waals surface area contributed by atoms with Crippen LogP contribution in [0.1, 0.15) is 24.4 Å². The zero-order valence-corrected chi connectivity index (χ0v) is 15.3. The summed E-state index contributed by atoms with van der Waals surface area (Å²) in [5, 5.41) is 3.24. The van der Waals surface area contributed by atoms with Gasteiger partial charge in [-0.1, -0.05) is 23.7 Å². The van der Waals surface area contributed by atoms with Gasteiger partial charge in [-0.3, -0.25) is 4.79 Å². The molecule has 2 aromatic carbocycles. The molecular weight excluding hydrogens is 376 g/mol. The molecule has 26 heavy (non-hydrogen) atoms. The Labute approximate surface area is 156 Å². The summed E-state index contributed by atoms with van der Waals surface area (Å²) in [6.45, 7) is -0.0718. The van der Waals surface area contributed by atoms with Crippen molar-refractivity contribution in [2.24, 2.45) is 5.92 Å². The number of ether oxygens (including phenoxy) is 1. The van der Waals surface area contributed by atoms with Crippen molar-refractivity contribution in [1.29, 1.82) is 0 Å². The van der Waals surface area contributed by atoms with E-state index in [2.05, 4.69) is 10.0 Å². The summed E-state index contributed by atoms with van der Waals surface area (Å²) in [4.78, 5) is 11.5. The molecular formula is C18H17ClN2O4S. The van der Waals surface area contributed by atoms with Gasteiger partial charge in [-0.15, -0.1) is 0 Å². The number of carbonyl (C=O) groups is 1. The number of anilines is 1. The topological polar surface area (TPSA) is 84.5 Å². The van der Waals surface area contributed by atoms with Crippen molar-refractivity contribution in [2.45, 2.75) is 23.8 Å². The Balaban J connectivity index is 1.62. The molecule has 1 unspecified atom stereocenters. The predicted octanol–water partition coefficient (Wildman–Crippen LogP) is 3.10. The van der Waals surface area contributed by atoms with Gasteiger partial charge >= 0.3 is 0 Å². The van der Waals surface area contributed by atoms with Crippen LogP contribution in [0.4, 0.5) is 5.69 Å². The maximum atomic E-state index is 12.9. The van der Waals surface area contributed by atoms with E-state index in [0.29, 0.717) is 16.5 Å². The van der Waals surface area contributed by atoms with E-state index in [-0.39, 0.29) is 29.4 Å². The van der Waals surface area contributed by atoms with E-state index in [1.54, 1.807) is 18.2 Å². The predicted molar refractivity (Wildman–Crippen MR) is 97.8 cm³/mol. The molecule has 1 aliphatic heterocycles. The van der Waals surface area contributed by atoms with Gasteiger partial charge in [0.25, 0.3) is 5.91 Å². The lowest BCUT2D eigenvalue weighted by atomic mass is 10.0. The molecule has 0 saturated heterocycles. The van der Waals surface area contributed by atoms with Crippen molar-refractivity contribution >= 4 is 33.2 Å². The van der Waals surface area contributed by atoms with Crippen molar-refractivity contribution < 1.29 is 17.9 Å². The van der Waals surface area contributed by atoms with Crippen molar-refractivity contribution in [2.75, 3.05) is 11.9 Å². The first-order chi connectivity index (χ1) is 12.4. The summed E-state index contributed by atoms with van der Waals surface area (Å²) in [7, 11) is -3.76. The van der Waals surface area contributed by atoms with Gasteiger partial charge < -0.3 is 10.1 Å². The minimum Gasteiger partial charge on any atom is -0.482 e. The first-order valence-corrected chi connectivity index (χ1v) is 10.1. The Morgan fingerprint density at radius 2 is 1.88 bits per heavy atom. The Morgan fingerprint density at radius 1 is 1.15 bits per heavy atom. The number of benzene rings is 2. The van der Waals surface area contributed by atoms with E-state index in [4.69, 9.17) is 16.3 Å². The Morgan fingerprint density at radius 3 is 2.58 bits per heavy atom. The molecule has 1 fully saturated rings. The maximum Gasteiger partial charge on any atom is 0.262 e. The van der Waals surface area contributed by atoms with Crippen molar-refractivity contribution in [3.8, 4) is 5.75 Å². The number of amides is 1. The second-order valence-corrected chi connectivity index (χ2v) is 8.63. The fourth-order valence-electron chi connectivity index (χ4n) is 3.00. The van der Waals surface area contributed by atoms with E-state index < -0.39 is 10.0 Å². The van der Waals surface area contributed by atoms with E-state index in [1.807, 2.05) is 12.1 Å². The number of halogens is 1. The average Bonchev–Trinajstić information content (AvgIpc) is 3.45. The van der Waals surface area contributed by atoms with Gasteiger partial charge in [-0.05, 0) is 54.7 Å². The second kappa shape index (κ2) is 6.57. The summed E-state index contributed by atoms with van der Waals surface area (Å²) in [5.74, 6) is 0.420. The van der Waals surface area contributed by atoms with Gasteiger partial charge in [0.05, 0.1) is 10.6 Å². The molecule has 2 N–H and O–H groups in total. The van der Waals surface area contributed by atoms with Crippen molar-refractivity contribution in [3.05, 3.63) is 53.1 Å². The lowest BCUT2D eigenvalue weighted by Crippen LogP contribution is -2.30. The lowest BCUT2D eigenvalue weighted by molar-refractivity contribution is -0.118. The van der Waals surface area contributed by atoms with Gasteiger partial charge in [-0.2, -0.15) is 0 Å². The molecule has 0 spiro atoms. The van der Waals surface area contributed by atoms with Crippen LogP contribution < -0.4 is 14.8 Å². The van der Waals surface area contributed by atoms with Crippen LogP contribution in [0.2, 0.25) is 5.02 Å². The highest BCUT2D eigenvalue weighted by Gasteiger charge is 2.35. The molecule has 1 atom stereocenters. The highest BCUT2D eigenvalue weighted by molar-refractivity contribution is 7.89. The minimum atomic E-state index is -3.76. The number of rotatable bonds is 5. The standard InChI is InChI=1S/C18H17ClN2O4S/c19-13-5-3-12(4-6-13)18(11-1-2-11)21-26(23,24)14-7-8-16-15(9-14)20-17(22)10-25-16/h3-9,11,18,21H,1-2,10H2,(H,20,22). The summed E-state index contributed by atoms with van der Waals surface area (Å²) in [6, 6.07) is 11.3. The number of fused-ring (bicyclic) bond motifs is 1. The molecule has 2 aliphatic rings. The molecule has 1 amide bonds. The van der Waals surface area contributed by atoms with E-state index >= 15 is 0 Å². The van der Waals surface area contributed by atoms with Crippen LogP contribution in [0.25, 0.3) is 0 Å². The molecule has 2 aromatic rings. The SMILES string of the molecule is O=C1COc2ccc(S(=O)(=O)NC(c3ccc(Cl)cc3)C3CC3)cc2N1. The van der Waals surface area contributed by atoms with Gasteiger partial charge in [-0.25, -0.2) is 13.1 Å². The Kier molecular flexibility index (Phi) is 4.38. The third-order valence-corrected chi connectivity index (χ3v) is 6.19. The monoisotopic (exact) mass is 392 g/mol. The number of sulfonamides is 1. The van der Waals surface area contributed by atoms with Crippen molar-refractivity contribution in [3.63, 3.8) is 0 Å². The van der Waals surface area contributed by atoms with Crippen LogP contribution in [0, 0.1) is 5.92 Å². The molecule has 0 radical (unpaired) electrons. The first kappa shape index (κ1) is 17.3. The molecule has 136 valence electrons. The highest BCUT2D eigenvalue weighted by Crippen LogP contribution is 2.42. The third-order valence-electron chi connectivity index (χ3n) is 4.50. The zero-order chi connectivity index (χ0) is 18.3. The minimum absolute atomic E-state index is 0.0718. The second-order valence-electron chi connectivity index (χ2n) is 6.48. The Hall–Kier alpha value is -2.09. The number of nitrogens with one attached hydrogen (secondary N) is 2. The lowest BCUT2D eigenvalue weighted by Gasteiger charge is -2.21. The quantitative estimate of drug-likeness (QED) is 0.818. The summed E-state index contributed by atoms with van der Waals surface area (Å²) < 4.78 is 33.9. The molecule has 0 aromatic heterocycles. The molecule has 1 aliphatic carbocycles. The van der Waals surface area contributed by atoms with Crippen LogP contribution in [0.15, 0.2) is 47.4 Å². The number of hydrogen-bond donors (Lipinski definition) is 2. The van der Waals surface area contributed by atoms with Crippen LogP contribution in [0.3, 0.4) is 0 Å². The van der Waals surface area contributed by atoms with Crippen LogP contribution in [0.5, 0.6) is 5.75 Å². The maximum absolute atomic E-state index is 12.9. The number of hydrogen-bond acceptors (Lipinski definition) is 4. The van der Waals surface area contributed by atoms with Gasteiger partial charge in [0.2, 0.25) is 10.0 Å². The fourth-order valence-corrected chi connectivity index (χ4v) is 4.45. The van der Waals surface area contributed by atoms with E-state index in [0.717, 1.165) is 18.4 Å². The summed E-state index contributed by atoms with van der Waals surface area (Å²) in [5.41, 5.74) is 1.24. The Bertz CT molecular complexity index is 956. The third kappa shape index (κ3) is 3.56. The van der Waals surface area contributed by atoms with Crippen LogP contribution >= 0.6 is 11.6 Å². The molecule has 1 heterocycles. The van der Waals surface area contributed by atoms with E-state index in [9.17, 15) is 13.2 Å². The average molecular weight is 393 g/mol. The molecule has 8 heteroatoms. The van der Waals surface area contributed by atoms with Crippen LogP contribution in [-0.2, 0) is 14.8 Å². The summed E-state index contributed by atoms with van der Waals surface area (Å²) in [6.07, 6.45) is 1.95. The highest BCUT2D eigenvalue weighted by atomic mass is 35.5. The van der Waals surface area contributed by atoms with Gasteiger partial charge in [0, 0.05) is 11.1 Å².